The molecular formula is C37H45NO13. The van der Waals surface area contributed by atoms with Gasteiger partial charge in [-0.3, -0.25) is 19.7 Å². The second kappa shape index (κ2) is 14.5. The Labute approximate surface area is 294 Å². The minimum atomic E-state index is -2.24. The highest BCUT2D eigenvalue weighted by atomic mass is 16.7. The topological polar surface area (TPSA) is 200 Å². The smallest absolute Gasteiger partial charge is 0.202 e. The first-order chi connectivity index (χ1) is 24.5. The molecule has 0 bridgehead atoms. The lowest BCUT2D eigenvalue weighted by molar-refractivity contribution is -0.286. The number of ketones is 3. The Morgan fingerprint density at radius 2 is 1.71 bits per heavy atom. The van der Waals surface area contributed by atoms with Crippen LogP contribution < -0.4 is 10.1 Å². The lowest BCUT2D eigenvalue weighted by Crippen LogP contribution is -2.59. The Bertz CT molecular complexity index is 1680. The highest BCUT2D eigenvalue weighted by Crippen LogP contribution is 2.52. The third kappa shape index (κ3) is 6.57. The van der Waals surface area contributed by atoms with Crippen LogP contribution in [0.1, 0.15) is 107 Å². The molecule has 2 aromatic rings. The fourth-order valence-electron chi connectivity index (χ4n) is 8.18. The number of ether oxygens (including phenoxy) is 6. The fourth-order valence-corrected chi connectivity index (χ4v) is 8.18. The predicted octanol–water partition coefficient (Wildman–Crippen LogP) is 2.71. The summed E-state index contributed by atoms with van der Waals surface area (Å²) in [4.78, 5) is 40.8. The van der Waals surface area contributed by atoms with Crippen LogP contribution in [0.5, 0.6) is 17.2 Å². The van der Waals surface area contributed by atoms with Crippen molar-refractivity contribution in [2.24, 2.45) is 0 Å². The highest BCUT2D eigenvalue weighted by molar-refractivity contribution is 6.31. The van der Waals surface area contributed by atoms with Gasteiger partial charge in [-0.15, -0.1) is 0 Å². The number of aliphatic hydroxyl groups excluding tert-OH is 1. The molecule has 8 atom stereocenters. The van der Waals surface area contributed by atoms with Crippen LogP contribution in [0.4, 0.5) is 0 Å². The summed E-state index contributed by atoms with van der Waals surface area (Å²) >= 11 is 0. The van der Waals surface area contributed by atoms with Crippen molar-refractivity contribution < 1.29 is 63.2 Å². The van der Waals surface area contributed by atoms with E-state index in [2.05, 4.69) is 5.32 Å². The maximum absolute atomic E-state index is 14.0. The Balaban J connectivity index is 1.25. The van der Waals surface area contributed by atoms with E-state index in [1.54, 1.807) is 0 Å². The summed E-state index contributed by atoms with van der Waals surface area (Å²) in [7, 11) is 1.35. The molecule has 3 saturated heterocycles. The molecular weight excluding hydrogens is 666 g/mol. The van der Waals surface area contributed by atoms with E-state index in [1.807, 2.05) is 6.92 Å². The first-order valence-electron chi connectivity index (χ1n) is 17.7. The Kier molecular flexibility index (Phi) is 10.2. The van der Waals surface area contributed by atoms with E-state index in [9.17, 15) is 34.8 Å². The van der Waals surface area contributed by atoms with Gasteiger partial charge in [-0.25, -0.2) is 0 Å². The number of nitrogens with one attached hydrogen (secondary N) is 1. The van der Waals surface area contributed by atoms with Crippen molar-refractivity contribution in [1.29, 1.82) is 0 Å². The van der Waals surface area contributed by atoms with Crippen LogP contribution in [0, 0.1) is 0 Å². The molecule has 0 amide bonds. The van der Waals surface area contributed by atoms with Gasteiger partial charge in [0.25, 0.3) is 0 Å². The van der Waals surface area contributed by atoms with Gasteiger partial charge >= 0.3 is 0 Å². The van der Waals surface area contributed by atoms with Gasteiger partial charge in [0.2, 0.25) is 5.78 Å². The van der Waals surface area contributed by atoms with E-state index >= 15 is 0 Å². The largest absolute Gasteiger partial charge is 0.507 e. The van der Waals surface area contributed by atoms with Gasteiger partial charge in [0, 0.05) is 55.2 Å². The van der Waals surface area contributed by atoms with Crippen LogP contribution in [0.25, 0.3) is 0 Å². The molecule has 5 N–H and O–H groups in total. The number of rotatable bonds is 9. The Morgan fingerprint density at radius 3 is 2.39 bits per heavy atom. The molecule has 3 aliphatic heterocycles. The number of Topliss-reactive ketones (excluding diaryl/α,β-unsaturated/α-hetero) is 1. The average Bonchev–Trinajstić information content (AvgIpc) is 3.13. The molecule has 3 heterocycles. The maximum Gasteiger partial charge on any atom is 0.202 e. The molecule has 0 aromatic heterocycles. The van der Waals surface area contributed by atoms with E-state index in [4.69, 9.17) is 28.4 Å². The summed E-state index contributed by atoms with van der Waals surface area (Å²) in [5, 5.41) is 48.6. The number of aliphatic hydroxyl groups is 2. The van der Waals surface area contributed by atoms with Crippen LogP contribution in [0.3, 0.4) is 0 Å². The monoisotopic (exact) mass is 711 g/mol. The predicted molar refractivity (Wildman–Crippen MR) is 177 cm³/mol. The zero-order valence-corrected chi connectivity index (χ0v) is 28.7. The first kappa shape index (κ1) is 35.9. The van der Waals surface area contributed by atoms with E-state index in [1.165, 1.54) is 25.3 Å². The molecule has 3 fully saturated rings. The van der Waals surface area contributed by atoms with Crippen molar-refractivity contribution in [2.75, 3.05) is 26.9 Å². The lowest BCUT2D eigenvalue weighted by Gasteiger charge is -2.45. The van der Waals surface area contributed by atoms with Crippen LogP contribution in [-0.4, -0.2) is 107 Å². The van der Waals surface area contributed by atoms with Gasteiger partial charge in [-0.05, 0) is 51.5 Å². The summed E-state index contributed by atoms with van der Waals surface area (Å²) in [5.41, 5.74) is -3.45. The summed E-state index contributed by atoms with van der Waals surface area (Å²) in [5.74, 6) is -3.61. The number of phenols is 2. The lowest BCUT2D eigenvalue weighted by atomic mass is 9.72. The van der Waals surface area contributed by atoms with Gasteiger partial charge in [-0.2, -0.15) is 0 Å². The Morgan fingerprint density at radius 1 is 0.961 bits per heavy atom. The minimum Gasteiger partial charge on any atom is -0.507 e. The fraction of sp³-hybridized carbons (Fsp3) is 0.595. The zero-order chi connectivity index (χ0) is 36.0. The number of carbonyl (C=O) groups excluding carboxylic acids is 3. The number of benzene rings is 2. The molecule has 0 spiro atoms. The Hall–Kier alpha value is -3.47. The van der Waals surface area contributed by atoms with Crippen molar-refractivity contribution >= 4 is 17.3 Å². The van der Waals surface area contributed by atoms with E-state index in [-0.39, 0.29) is 46.7 Å². The van der Waals surface area contributed by atoms with Crippen LogP contribution in [-0.2, 0) is 34.9 Å². The molecule has 14 nitrogen and oxygen atoms in total. The van der Waals surface area contributed by atoms with Gasteiger partial charge in [-0.1, -0.05) is 12.1 Å². The molecule has 1 unspecified atom stereocenters. The molecule has 2 aliphatic carbocycles. The van der Waals surface area contributed by atoms with Crippen LogP contribution in [0.15, 0.2) is 18.2 Å². The molecule has 0 radical (unpaired) electrons. The highest BCUT2D eigenvalue weighted by Gasteiger charge is 2.51. The average molecular weight is 712 g/mol. The minimum absolute atomic E-state index is 0.0349. The number of aromatic hydroxyl groups is 2. The number of phenolic OH excluding ortho intramolecular Hbond substituents is 2. The summed E-state index contributed by atoms with van der Waals surface area (Å²) in [6.45, 7) is 2.06. The van der Waals surface area contributed by atoms with E-state index < -0.39 is 95.9 Å². The van der Waals surface area contributed by atoms with Crippen molar-refractivity contribution in [3.8, 4) is 17.2 Å². The first-order valence-corrected chi connectivity index (χ1v) is 17.7. The van der Waals surface area contributed by atoms with Crippen molar-refractivity contribution in [3.05, 3.63) is 51.6 Å². The third-order valence-electron chi connectivity index (χ3n) is 10.8. The van der Waals surface area contributed by atoms with Gasteiger partial charge in [0.15, 0.2) is 24.1 Å². The molecule has 14 heteroatoms. The molecule has 5 aliphatic rings. The molecule has 2 aromatic carbocycles. The van der Waals surface area contributed by atoms with E-state index in [0.717, 1.165) is 38.5 Å². The second-order valence-corrected chi connectivity index (χ2v) is 14.0. The SMILES string of the molecule is COc1cccc2c1C(=O)c1c(O)c3c(c(O)c1C2=O)C[C@@](O)(C(=O)CO)C[C@@H]3O[C@H]1C[C@H](NC2CCCCO2)[C@H](O[C@H]2CCCCO2)[C@H](C)O1. The molecule has 7 rings (SSSR count). The molecule has 276 valence electrons. The third-order valence-corrected chi connectivity index (χ3v) is 10.8. The maximum atomic E-state index is 14.0. The van der Waals surface area contributed by atoms with Gasteiger partial charge in [0.1, 0.15) is 41.8 Å². The van der Waals surface area contributed by atoms with Gasteiger partial charge < -0.3 is 48.8 Å². The number of methoxy groups -OCH3 is 1. The van der Waals surface area contributed by atoms with Crippen molar-refractivity contribution in [2.45, 2.75) is 113 Å². The van der Waals surface area contributed by atoms with E-state index in [0.29, 0.717) is 13.2 Å². The summed E-state index contributed by atoms with van der Waals surface area (Å²) < 4.78 is 36.5. The molecule has 0 saturated carbocycles. The normalized spacial score (nSPS) is 32.1. The number of fused-ring (bicyclic) bond motifs is 3. The zero-order valence-electron chi connectivity index (χ0n) is 28.7. The summed E-state index contributed by atoms with van der Waals surface area (Å²) in [6, 6.07) is 4.11. The number of carbonyl (C=O) groups is 3. The standard InChI is InChI=1S/C37H45NO13/c1-18-36(51-26-11-4-6-13-48-26)21(38-25-10-3-5-12-47-25)14-27(49-18)50-23-16-37(45,24(40)17-39)15-20-29(23)35(44)31-30(33(20)42)32(41)19-8-7-9-22(46-2)28(19)34(31)43/h7-9,18,21,23,25-27,36,38-39,42,44-45H,3-6,10-17H2,1-2H3/t18-,21-,23-,25?,26-,27-,36+,37-/m0/s1. The van der Waals surface area contributed by atoms with Crippen molar-refractivity contribution in [1.82, 2.24) is 5.32 Å². The van der Waals surface area contributed by atoms with Crippen LogP contribution in [0.2, 0.25) is 0 Å². The quantitative estimate of drug-likeness (QED) is 0.203. The van der Waals surface area contributed by atoms with Crippen molar-refractivity contribution in [3.63, 3.8) is 0 Å². The number of hydrogen-bond donors (Lipinski definition) is 5. The molecule has 51 heavy (non-hydrogen) atoms. The van der Waals surface area contributed by atoms with Crippen LogP contribution >= 0.6 is 0 Å². The number of hydrogen-bond acceptors (Lipinski definition) is 14. The summed E-state index contributed by atoms with van der Waals surface area (Å²) in [6.07, 6.45) is 0.740. The second-order valence-electron chi connectivity index (χ2n) is 14.0. The van der Waals surface area contributed by atoms with Gasteiger partial charge in [0.05, 0.1) is 36.0 Å².